The fourth-order valence-electron chi connectivity index (χ4n) is 3.81. The molecule has 2 aromatic rings. The molecule has 150 valence electrons. The summed E-state index contributed by atoms with van der Waals surface area (Å²) in [5, 5.41) is 20.8. The maximum atomic E-state index is 12.3. The lowest BCUT2D eigenvalue weighted by Crippen LogP contribution is -2.54. The third kappa shape index (κ3) is 4.75. The normalized spacial score (nSPS) is 19.6. The van der Waals surface area contributed by atoms with Crippen molar-refractivity contribution in [2.45, 2.75) is 37.7 Å². The minimum atomic E-state index is -1.02. The van der Waals surface area contributed by atoms with E-state index in [9.17, 15) is 14.7 Å². The lowest BCUT2D eigenvalue weighted by molar-refractivity contribution is -0.137. The number of likely N-dealkylation sites (N-methyl/N-ethyl adjacent to an activating group) is 1. The molecular weight excluding hydrogens is 360 g/mol. The van der Waals surface area contributed by atoms with Gasteiger partial charge in [-0.3, -0.25) is 19.6 Å². The third-order valence-corrected chi connectivity index (χ3v) is 5.15. The van der Waals surface area contributed by atoms with Crippen LogP contribution in [-0.2, 0) is 9.59 Å². The van der Waals surface area contributed by atoms with Gasteiger partial charge in [0.05, 0.1) is 17.7 Å². The lowest BCUT2D eigenvalue weighted by atomic mass is 9.91. The van der Waals surface area contributed by atoms with Crippen molar-refractivity contribution in [2.75, 3.05) is 31.6 Å². The van der Waals surface area contributed by atoms with Gasteiger partial charge in [0, 0.05) is 62.6 Å². The molecule has 2 aromatic heterocycles. The first-order valence-electron chi connectivity index (χ1n) is 9.50. The average molecular weight is 386 g/mol. The number of aliphatic carboxylic acids is 1. The molecule has 1 saturated heterocycles. The Morgan fingerprint density at radius 1 is 1.29 bits per heavy atom. The number of hydrogen-bond donors (Lipinski definition) is 2. The van der Waals surface area contributed by atoms with Gasteiger partial charge < -0.3 is 20.0 Å². The molecule has 1 amide bonds. The minimum absolute atomic E-state index is 0.0270. The van der Waals surface area contributed by atoms with Crippen LogP contribution < -0.4 is 4.90 Å². The van der Waals surface area contributed by atoms with Crippen LogP contribution in [0.2, 0.25) is 0 Å². The maximum absolute atomic E-state index is 12.3. The summed E-state index contributed by atoms with van der Waals surface area (Å²) < 4.78 is 0. The van der Waals surface area contributed by atoms with E-state index in [4.69, 9.17) is 5.11 Å². The van der Waals surface area contributed by atoms with Gasteiger partial charge in [-0.2, -0.15) is 0 Å². The van der Waals surface area contributed by atoms with Gasteiger partial charge >= 0.3 is 5.97 Å². The van der Waals surface area contributed by atoms with Crippen LogP contribution in [0.1, 0.15) is 32.1 Å². The van der Waals surface area contributed by atoms with Gasteiger partial charge in [0.15, 0.2) is 0 Å². The second-order valence-electron chi connectivity index (χ2n) is 7.47. The summed E-state index contributed by atoms with van der Waals surface area (Å²) in [6.45, 7) is 1.44. The molecule has 1 atom stereocenters. The van der Waals surface area contributed by atoms with Gasteiger partial charge in [0.1, 0.15) is 0 Å². The van der Waals surface area contributed by atoms with E-state index in [0.717, 1.165) is 29.6 Å². The van der Waals surface area contributed by atoms with Gasteiger partial charge in [-0.15, -0.1) is 0 Å². The van der Waals surface area contributed by atoms with E-state index < -0.39 is 11.6 Å². The number of nitrogens with zero attached hydrogens (tertiary/aromatic N) is 4. The monoisotopic (exact) mass is 386 g/mol. The highest BCUT2D eigenvalue weighted by molar-refractivity contribution is 5.90. The molecule has 0 aromatic carbocycles. The highest BCUT2D eigenvalue weighted by Crippen LogP contribution is 2.30. The molecule has 8 heteroatoms. The largest absolute Gasteiger partial charge is 0.481 e. The van der Waals surface area contributed by atoms with Crippen LogP contribution in [0.3, 0.4) is 0 Å². The van der Waals surface area contributed by atoms with Crippen molar-refractivity contribution in [3.8, 4) is 0 Å². The Kier molecular flexibility index (Phi) is 6.08. The Hall–Kier alpha value is -2.74. The minimum Gasteiger partial charge on any atom is -0.481 e. The van der Waals surface area contributed by atoms with Crippen LogP contribution in [0.25, 0.3) is 10.9 Å². The summed E-state index contributed by atoms with van der Waals surface area (Å²) in [5.74, 6) is -1.05. The predicted molar refractivity (Wildman–Crippen MR) is 105 cm³/mol. The van der Waals surface area contributed by atoms with Crippen LogP contribution in [-0.4, -0.2) is 69.2 Å². The number of hydrogen-bond acceptors (Lipinski definition) is 6. The molecule has 0 bridgehead atoms. The van der Waals surface area contributed by atoms with E-state index in [1.165, 1.54) is 4.90 Å². The molecule has 3 heterocycles. The van der Waals surface area contributed by atoms with Gasteiger partial charge in [0.25, 0.3) is 0 Å². The van der Waals surface area contributed by atoms with Crippen molar-refractivity contribution in [1.82, 2.24) is 14.9 Å². The van der Waals surface area contributed by atoms with E-state index in [-0.39, 0.29) is 25.3 Å². The van der Waals surface area contributed by atoms with Crippen LogP contribution in [0.15, 0.2) is 30.7 Å². The number of aliphatic hydroxyl groups is 1. The average Bonchev–Trinajstić information content (AvgIpc) is 2.66. The molecule has 0 radical (unpaired) electrons. The molecule has 1 aliphatic rings. The van der Waals surface area contributed by atoms with Crippen molar-refractivity contribution in [2.24, 2.45) is 0 Å². The zero-order chi connectivity index (χ0) is 20.1. The second-order valence-corrected chi connectivity index (χ2v) is 7.47. The molecule has 2 N–H and O–H groups in total. The summed E-state index contributed by atoms with van der Waals surface area (Å²) in [4.78, 5) is 35.1. The standard InChI is InChI=1S/C20H26N4O4/c1-23(18(25)4-2-5-19(26)27)13-20(28)8-3-11-24(14-20)17-7-10-22-16-6-9-21-12-15(16)17/h6-7,9-10,12,28H,2-5,8,11,13-14H2,1H3,(H,26,27). The zero-order valence-corrected chi connectivity index (χ0v) is 16.0. The van der Waals surface area contributed by atoms with Gasteiger partial charge in [-0.05, 0) is 31.4 Å². The number of fused-ring (bicyclic) bond motifs is 1. The topological polar surface area (TPSA) is 107 Å². The number of rotatable bonds is 7. The fourth-order valence-corrected chi connectivity index (χ4v) is 3.81. The smallest absolute Gasteiger partial charge is 0.303 e. The molecule has 0 spiro atoms. The van der Waals surface area contributed by atoms with Crippen LogP contribution >= 0.6 is 0 Å². The first kappa shape index (κ1) is 20.0. The van der Waals surface area contributed by atoms with Crippen LogP contribution in [0.4, 0.5) is 5.69 Å². The second kappa shape index (κ2) is 8.52. The summed E-state index contributed by atoms with van der Waals surface area (Å²) in [5.41, 5.74) is 0.812. The van der Waals surface area contributed by atoms with Gasteiger partial charge in [0.2, 0.25) is 5.91 Å². The fraction of sp³-hybridized carbons (Fsp3) is 0.500. The number of carbonyl (C=O) groups is 2. The number of carbonyl (C=O) groups excluding carboxylic acids is 1. The van der Waals surface area contributed by atoms with E-state index in [1.54, 1.807) is 25.6 Å². The number of carboxylic acid groups (broad SMARTS) is 1. The predicted octanol–water partition coefficient (Wildman–Crippen LogP) is 1.67. The molecule has 1 unspecified atom stereocenters. The molecule has 1 aliphatic heterocycles. The lowest BCUT2D eigenvalue weighted by Gasteiger charge is -2.42. The van der Waals surface area contributed by atoms with Crippen LogP contribution in [0.5, 0.6) is 0 Å². The quantitative estimate of drug-likeness (QED) is 0.745. The van der Waals surface area contributed by atoms with E-state index in [2.05, 4.69) is 14.9 Å². The number of β-amino-alcohol motifs (C(OH)–C–C–N with tert-alkyl or cyclic N) is 1. The molecule has 1 fully saturated rings. The number of aromatic nitrogens is 2. The van der Waals surface area contributed by atoms with Crippen molar-refractivity contribution in [3.63, 3.8) is 0 Å². The molecule has 3 rings (SSSR count). The van der Waals surface area contributed by atoms with Crippen molar-refractivity contribution < 1.29 is 19.8 Å². The first-order valence-corrected chi connectivity index (χ1v) is 9.50. The maximum Gasteiger partial charge on any atom is 0.303 e. The highest BCUT2D eigenvalue weighted by atomic mass is 16.4. The van der Waals surface area contributed by atoms with E-state index >= 15 is 0 Å². The van der Waals surface area contributed by atoms with E-state index in [0.29, 0.717) is 19.4 Å². The number of pyridine rings is 2. The summed E-state index contributed by atoms with van der Waals surface area (Å²) >= 11 is 0. The number of piperidine rings is 1. The molecule has 28 heavy (non-hydrogen) atoms. The Bertz CT molecular complexity index is 854. The van der Waals surface area contributed by atoms with Crippen molar-refractivity contribution in [1.29, 1.82) is 0 Å². The van der Waals surface area contributed by atoms with E-state index in [1.807, 2.05) is 12.1 Å². The Labute approximate surface area is 163 Å². The van der Waals surface area contributed by atoms with Crippen LogP contribution in [0, 0.1) is 0 Å². The number of amides is 1. The number of carboxylic acids is 1. The third-order valence-electron chi connectivity index (χ3n) is 5.15. The molecule has 0 saturated carbocycles. The molecule has 0 aliphatic carbocycles. The Morgan fingerprint density at radius 2 is 2.11 bits per heavy atom. The Morgan fingerprint density at radius 3 is 2.89 bits per heavy atom. The summed E-state index contributed by atoms with van der Waals surface area (Å²) in [6.07, 6.45) is 7.10. The van der Waals surface area contributed by atoms with Crippen molar-refractivity contribution in [3.05, 3.63) is 30.7 Å². The zero-order valence-electron chi connectivity index (χ0n) is 16.0. The van der Waals surface area contributed by atoms with Crippen molar-refractivity contribution >= 4 is 28.5 Å². The van der Waals surface area contributed by atoms with Gasteiger partial charge in [-0.1, -0.05) is 0 Å². The summed E-state index contributed by atoms with van der Waals surface area (Å²) in [7, 11) is 1.66. The summed E-state index contributed by atoms with van der Waals surface area (Å²) in [6, 6.07) is 3.79. The number of anilines is 1. The first-order chi connectivity index (χ1) is 13.4. The highest BCUT2D eigenvalue weighted by Gasteiger charge is 2.35. The molecular formula is C20H26N4O4. The SMILES string of the molecule is CN(CC1(O)CCCN(c2ccnc3ccncc23)C1)C(=O)CCCC(=O)O. The van der Waals surface area contributed by atoms with Gasteiger partial charge in [-0.25, -0.2) is 0 Å². The Balaban J connectivity index is 1.67. The molecule has 8 nitrogen and oxygen atoms in total.